The molecule has 2 fully saturated rings. The first-order chi connectivity index (χ1) is 7.36. The summed E-state index contributed by atoms with van der Waals surface area (Å²) in [6.07, 6.45) is 5.69. The highest BCUT2D eigenvalue weighted by molar-refractivity contribution is 4.77. The van der Waals surface area contributed by atoms with Gasteiger partial charge in [0.1, 0.15) is 6.17 Å². The maximum atomic E-state index is 13.9. The summed E-state index contributed by atoms with van der Waals surface area (Å²) in [6, 6.07) is 0. The fourth-order valence-corrected chi connectivity index (χ4v) is 2.66. The molecule has 0 aromatic heterocycles. The van der Waals surface area contributed by atoms with E-state index in [1.807, 2.05) is 0 Å². The molecule has 2 heterocycles. The first-order valence-electron chi connectivity index (χ1n) is 6.32. The van der Waals surface area contributed by atoms with Crippen LogP contribution in [0, 0.1) is 5.92 Å². The molecule has 15 heavy (non-hydrogen) atoms. The molecule has 0 bridgehead atoms. The van der Waals surface area contributed by atoms with Crippen LogP contribution < -0.4 is 5.32 Å². The van der Waals surface area contributed by atoms with Crippen LogP contribution in [-0.4, -0.2) is 32.0 Å². The van der Waals surface area contributed by atoms with Crippen molar-refractivity contribution in [3.05, 3.63) is 0 Å². The third-order valence-corrected chi connectivity index (χ3v) is 3.68. The molecule has 0 aromatic carbocycles. The summed E-state index contributed by atoms with van der Waals surface area (Å²) in [6.45, 7) is 2.87. The number of hydrogen-bond donors (Lipinski definition) is 1. The molecule has 0 radical (unpaired) electrons. The van der Waals surface area contributed by atoms with Crippen molar-refractivity contribution in [2.45, 2.75) is 50.8 Å². The molecule has 2 nitrogen and oxygen atoms in total. The van der Waals surface area contributed by atoms with Gasteiger partial charge in [-0.1, -0.05) is 0 Å². The normalized spacial score (nSPS) is 30.6. The standard InChI is InChI=1S/C12H22FNO/c13-12(10-5-7-14-8-6-10)4-3-11-2-1-9-15-11/h10-12,14H,1-9H2. The zero-order valence-corrected chi connectivity index (χ0v) is 9.38. The molecule has 0 saturated carbocycles. The van der Waals surface area contributed by atoms with Crippen molar-refractivity contribution in [1.29, 1.82) is 0 Å². The van der Waals surface area contributed by atoms with Gasteiger partial charge in [-0.2, -0.15) is 0 Å². The van der Waals surface area contributed by atoms with E-state index in [0.29, 0.717) is 18.4 Å². The predicted molar refractivity (Wildman–Crippen MR) is 58.7 cm³/mol. The van der Waals surface area contributed by atoms with E-state index in [1.165, 1.54) is 0 Å². The van der Waals surface area contributed by atoms with Gasteiger partial charge in [0.05, 0.1) is 6.10 Å². The van der Waals surface area contributed by atoms with Gasteiger partial charge in [0.15, 0.2) is 0 Å². The minimum absolute atomic E-state index is 0.299. The summed E-state index contributed by atoms with van der Waals surface area (Å²) in [5.41, 5.74) is 0. The minimum atomic E-state index is -0.601. The molecular formula is C12H22FNO. The fourth-order valence-electron chi connectivity index (χ4n) is 2.66. The lowest BCUT2D eigenvalue weighted by atomic mass is 9.90. The van der Waals surface area contributed by atoms with Gasteiger partial charge >= 0.3 is 0 Å². The predicted octanol–water partition coefficient (Wildman–Crippen LogP) is 2.28. The maximum Gasteiger partial charge on any atom is 0.103 e. The van der Waals surface area contributed by atoms with E-state index in [1.54, 1.807) is 0 Å². The quantitative estimate of drug-likeness (QED) is 0.777. The summed E-state index contributed by atoms with van der Waals surface area (Å²) >= 11 is 0. The monoisotopic (exact) mass is 215 g/mol. The van der Waals surface area contributed by atoms with Crippen LogP contribution in [0.1, 0.15) is 38.5 Å². The topological polar surface area (TPSA) is 21.3 Å². The van der Waals surface area contributed by atoms with Gasteiger partial charge in [-0.15, -0.1) is 0 Å². The number of rotatable bonds is 4. The van der Waals surface area contributed by atoms with Crippen LogP contribution in [0.3, 0.4) is 0 Å². The molecule has 2 aliphatic rings. The van der Waals surface area contributed by atoms with Crippen molar-refractivity contribution in [2.75, 3.05) is 19.7 Å². The summed E-state index contributed by atoms with van der Waals surface area (Å²) in [7, 11) is 0. The highest BCUT2D eigenvalue weighted by atomic mass is 19.1. The van der Waals surface area contributed by atoms with Crippen molar-refractivity contribution < 1.29 is 9.13 Å². The zero-order valence-electron chi connectivity index (χ0n) is 9.38. The summed E-state index contributed by atoms with van der Waals surface area (Å²) in [5, 5.41) is 3.28. The van der Waals surface area contributed by atoms with Gasteiger partial charge < -0.3 is 10.1 Å². The van der Waals surface area contributed by atoms with Gasteiger partial charge in [0.25, 0.3) is 0 Å². The first-order valence-corrected chi connectivity index (χ1v) is 6.32. The Bertz CT molecular complexity index is 176. The second kappa shape index (κ2) is 5.80. The Morgan fingerprint density at radius 2 is 2.07 bits per heavy atom. The van der Waals surface area contributed by atoms with Crippen LogP contribution in [0.2, 0.25) is 0 Å². The lowest BCUT2D eigenvalue weighted by molar-refractivity contribution is 0.0851. The largest absolute Gasteiger partial charge is 0.378 e. The Hall–Kier alpha value is -0.150. The van der Waals surface area contributed by atoms with Crippen molar-refractivity contribution >= 4 is 0 Å². The number of alkyl halides is 1. The Labute approximate surface area is 91.6 Å². The average molecular weight is 215 g/mol. The van der Waals surface area contributed by atoms with Crippen LogP contribution >= 0.6 is 0 Å². The van der Waals surface area contributed by atoms with Crippen molar-refractivity contribution in [3.8, 4) is 0 Å². The van der Waals surface area contributed by atoms with Crippen molar-refractivity contribution in [2.24, 2.45) is 5.92 Å². The smallest absolute Gasteiger partial charge is 0.103 e. The molecule has 0 aromatic rings. The second-order valence-electron chi connectivity index (χ2n) is 4.82. The number of nitrogens with one attached hydrogen (secondary N) is 1. The van der Waals surface area contributed by atoms with Gasteiger partial charge in [0, 0.05) is 6.61 Å². The van der Waals surface area contributed by atoms with E-state index in [2.05, 4.69) is 5.32 Å². The Morgan fingerprint density at radius 3 is 2.73 bits per heavy atom. The Morgan fingerprint density at radius 1 is 1.27 bits per heavy atom. The van der Waals surface area contributed by atoms with E-state index >= 15 is 0 Å². The zero-order chi connectivity index (χ0) is 10.5. The fraction of sp³-hybridized carbons (Fsp3) is 1.00. The van der Waals surface area contributed by atoms with Crippen LogP contribution in [-0.2, 0) is 4.74 Å². The highest BCUT2D eigenvalue weighted by Gasteiger charge is 2.24. The van der Waals surface area contributed by atoms with E-state index in [-0.39, 0.29) is 0 Å². The molecule has 2 rings (SSSR count). The molecule has 0 aliphatic carbocycles. The molecule has 2 atom stereocenters. The van der Waals surface area contributed by atoms with E-state index < -0.39 is 6.17 Å². The second-order valence-corrected chi connectivity index (χ2v) is 4.82. The number of ether oxygens (including phenoxy) is 1. The molecule has 1 N–H and O–H groups in total. The Kier molecular flexibility index (Phi) is 4.39. The van der Waals surface area contributed by atoms with Crippen LogP contribution in [0.15, 0.2) is 0 Å². The van der Waals surface area contributed by atoms with Gasteiger partial charge in [0.2, 0.25) is 0 Å². The SMILES string of the molecule is FC(CCC1CCCO1)C1CCNCC1. The third kappa shape index (κ3) is 3.42. The van der Waals surface area contributed by atoms with Crippen molar-refractivity contribution in [3.63, 3.8) is 0 Å². The molecule has 3 heteroatoms. The molecule has 2 saturated heterocycles. The average Bonchev–Trinajstić information content (AvgIpc) is 2.80. The minimum Gasteiger partial charge on any atom is -0.378 e. The van der Waals surface area contributed by atoms with Gasteiger partial charge in [-0.25, -0.2) is 4.39 Å². The van der Waals surface area contributed by atoms with Crippen LogP contribution in [0.5, 0.6) is 0 Å². The molecule has 2 unspecified atom stereocenters. The van der Waals surface area contributed by atoms with Gasteiger partial charge in [-0.05, 0) is 57.5 Å². The first kappa shape index (κ1) is 11.3. The summed E-state index contributed by atoms with van der Waals surface area (Å²) < 4.78 is 19.4. The number of halogens is 1. The molecule has 88 valence electrons. The number of hydrogen-bond acceptors (Lipinski definition) is 2. The van der Waals surface area contributed by atoms with Crippen molar-refractivity contribution in [1.82, 2.24) is 5.32 Å². The van der Waals surface area contributed by atoms with E-state index in [0.717, 1.165) is 51.8 Å². The summed E-state index contributed by atoms with van der Waals surface area (Å²) in [4.78, 5) is 0. The van der Waals surface area contributed by atoms with E-state index in [9.17, 15) is 4.39 Å². The maximum absolute atomic E-state index is 13.9. The third-order valence-electron chi connectivity index (χ3n) is 3.68. The summed E-state index contributed by atoms with van der Waals surface area (Å²) in [5.74, 6) is 0.299. The molecule has 0 spiro atoms. The lowest BCUT2D eigenvalue weighted by Gasteiger charge is -2.26. The van der Waals surface area contributed by atoms with Crippen LogP contribution in [0.4, 0.5) is 4.39 Å². The lowest BCUT2D eigenvalue weighted by Crippen LogP contribution is -2.32. The van der Waals surface area contributed by atoms with Gasteiger partial charge in [-0.3, -0.25) is 0 Å². The molecule has 2 aliphatic heterocycles. The molecule has 0 amide bonds. The molecular weight excluding hydrogens is 193 g/mol. The van der Waals surface area contributed by atoms with Crippen LogP contribution in [0.25, 0.3) is 0 Å². The Balaban J connectivity index is 1.64. The number of piperidine rings is 1. The van der Waals surface area contributed by atoms with E-state index in [4.69, 9.17) is 4.74 Å². The highest BCUT2D eigenvalue weighted by Crippen LogP contribution is 2.25.